The van der Waals surface area contributed by atoms with E-state index in [1.807, 2.05) is 43.3 Å². The van der Waals surface area contributed by atoms with Crippen molar-refractivity contribution in [2.24, 2.45) is 5.92 Å². The zero-order valence-electron chi connectivity index (χ0n) is 15.6. The van der Waals surface area contributed by atoms with Crippen LogP contribution in [0.4, 0.5) is 5.88 Å². The van der Waals surface area contributed by atoms with E-state index in [1.165, 1.54) is 13.3 Å². The molecule has 0 bridgehead atoms. The summed E-state index contributed by atoms with van der Waals surface area (Å²) in [4.78, 5) is 25.1. The number of benzene rings is 2. The number of fused-ring (bicyclic) bond motifs is 1. The van der Waals surface area contributed by atoms with Crippen molar-refractivity contribution in [2.45, 2.75) is 39.2 Å². The summed E-state index contributed by atoms with van der Waals surface area (Å²) in [5, 5.41) is 4.55. The first-order chi connectivity index (χ1) is 13.1. The number of hydrogen-bond acceptors (Lipinski definition) is 4. The SMILES string of the molecule is CC(=O)c1c(NC(c2ccccc2)C2CCC2)oc(=O)c2c(C)cccc12. The predicted molar refractivity (Wildman–Crippen MR) is 107 cm³/mol. The molecule has 3 aromatic rings. The molecule has 4 heteroatoms. The van der Waals surface area contributed by atoms with Crippen LogP contribution in [0.2, 0.25) is 0 Å². The van der Waals surface area contributed by atoms with Crippen LogP contribution in [0.5, 0.6) is 0 Å². The molecule has 0 amide bonds. The first-order valence-corrected chi connectivity index (χ1v) is 9.45. The molecular formula is C23H23NO3. The van der Waals surface area contributed by atoms with E-state index in [-0.39, 0.29) is 17.7 Å². The van der Waals surface area contributed by atoms with E-state index in [9.17, 15) is 9.59 Å². The second-order valence-electron chi connectivity index (χ2n) is 7.37. The number of aryl methyl sites for hydroxylation is 1. The van der Waals surface area contributed by atoms with Crippen LogP contribution < -0.4 is 10.9 Å². The van der Waals surface area contributed by atoms with Gasteiger partial charge in [-0.15, -0.1) is 0 Å². The van der Waals surface area contributed by atoms with Crippen LogP contribution >= 0.6 is 0 Å². The van der Waals surface area contributed by atoms with Gasteiger partial charge in [-0.05, 0) is 43.7 Å². The summed E-state index contributed by atoms with van der Waals surface area (Å²) >= 11 is 0. The molecular weight excluding hydrogens is 338 g/mol. The fourth-order valence-electron chi connectivity index (χ4n) is 3.96. The van der Waals surface area contributed by atoms with Crippen molar-refractivity contribution in [3.05, 3.63) is 75.6 Å². The molecule has 138 valence electrons. The first-order valence-electron chi connectivity index (χ1n) is 9.45. The van der Waals surface area contributed by atoms with Gasteiger partial charge in [0, 0.05) is 5.39 Å². The molecule has 1 saturated carbocycles. The molecule has 4 rings (SSSR count). The highest BCUT2D eigenvalue weighted by Crippen LogP contribution is 2.40. The van der Waals surface area contributed by atoms with Crippen LogP contribution in [-0.4, -0.2) is 5.78 Å². The normalized spacial score (nSPS) is 15.3. The van der Waals surface area contributed by atoms with E-state index in [0.29, 0.717) is 22.3 Å². The smallest absolute Gasteiger partial charge is 0.345 e. The maximum atomic E-state index is 12.6. The van der Waals surface area contributed by atoms with Gasteiger partial charge in [-0.3, -0.25) is 4.79 Å². The molecule has 1 fully saturated rings. The van der Waals surface area contributed by atoms with Crippen molar-refractivity contribution >= 4 is 22.4 Å². The average molecular weight is 361 g/mol. The predicted octanol–water partition coefficient (Wildman–Crippen LogP) is 5.26. The molecule has 2 aromatic carbocycles. The summed E-state index contributed by atoms with van der Waals surface area (Å²) in [5.41, 5.74) is 2.00. The van der Waals surface area contributed by atoms with Gasteiger partial charge in [0.25, 0.3) is 0 Å². The molecule has 1 atom stereocenters. The summed E-state index contributed by atoms with van der Waals surface area (Å²) in [6.07, 6.45) is 3.45. The molecule has 1 aliphatic carbocycles. The van der Waals surface area contributed by atoms with Crippen molar-refractivity contribution in [2.75, 3.05) is 5.32 Å². The van der Waals surface area contributed by atoms with Gasteiger partial charge in [0.1, 0.15) is 0 Å². The first kappa shape index (κ1) is 17.5. The third-order valence-electron chi connectivity index (χ3n) is 5.59. The monoisotopic (exact) mass is 361 g/mol. The topological polar surface area (TPSA) is 59.3 Å². The maximum absolute atomic E-state index is 12.6. The summed E-state index contributed by atoms with van der Waals surface area (Å²) in [5.74, 6) is 0.634. The molecule has 0 aliphatic heterocycles. The van der Waals surface area contributed by atoms with E-state index >= 15 is 0 Å². The Balaban J connectivity index is 1.86. The zero-order valence-corrected chi connectivity index (χ0v) is 15.6. The average Bonchev–Trinajstić information content (AvgIpc) is 2.60. The minimum absolute atomic E-state index is 0.0171. The third kappa shape index (κ3) is 3.16. The molecule has 0 spiro atoms. The zero-order chi connectivity index (χ0) is 19.0. The number of carbonyl (C=O) groups is 1. The van der Waals surface area contributed by atoms with Gasteiger partial charge in [0.2, 0.25) is 5.88 Å². The van der Waals surface area contributed by atoms with E-state index in [2.05, 4.69) is 17.4 Å². The molecule has 0 radical (unpaired) electrons. The minimum atomic E-state index is -0.406. The van der Waals surface area contributed by atoms with Crippen LogP contribution in [-0.2, 0) is 0 Å². The van der Waals surface area contributed by atoms with Gasteiger partial charge >= 0.3 is 5.63 Å². The highest BCUT2D eigenvalue weighted by molar-refractivity contribution is 6.10. The lowest BCUT2D eigenvalue weighted by Gasteiger charge is -2.35. The number of rotatable bonds is 5. The molecule has 1 unspecified atom stereocenters. The Kier molecular flexibility index (Phi) is 4.56. The summed E-state index contributed by atoms with van der Waals surface area (Å²) in [6.45, 7) is 3.38. The lowest BCUT2D eigenvalue weighted by Crippen LogP contribution is -2.27. The van der Waals surface area contributed by atoms with Gasteiger partial charge in [0.05, 0.1) is 17.0 Å². The molecule has 0 saturated heterocycles. The maximum Gasteiger partial charge on any atom is 0.345 e. The number of Topliss-reactive ketones (excluding diaryl/α,β-unsaturated/α-hetero) is 1. The second kappa shape index (κ2) is 7.03. The van der Waals surface area contributed by atoms with Crippen LogP contribution in [0.1, 0.15) is 53.7 Å². The number of ketones is 1. The number of anilines is 1. The van der Waals surface area contributed by atoms with E-state index in [1.54, 1.807) is 0 Å². The van der Waals surface area contributed by atoms with Crippen molar-refractivity contribution in [1.29, 1.82) is 0 Å². The van der Waals surface area contributed by atoms with Crippen molar-refractivity contribution < 1.29 is 9.21 Å². The van der Waals surface area contributed by atoms with Crippen LogP contribution in [0.25, 0.3) is 10.8 Å². The van der Waals surface area contributed by atoms with E-state index in [0.717, 1.165) is 24.0 Å². The van der Waals surface area contributed by atoms with Crippen molar-refractivity contribution in [3.8, 4) is 0 Å². The van der Waals surface area contributed by atoms with E-state index < -0.39 is 5.63 Å². The largest absolute Gasteiger partial charge is 0.405 e. The Bertz CT molecular complexity index is 1050. The lowest BCUT2D eigenvalue weighted by molar-refractivity contribution is 0.101. The van der Waals surface area contributed by atoms with Gasteiger partial charge < -0.3 is 9.73 Å². The molecule has 1 aromatic heterocycles. The highest BCUT2D eigenvalue weighted by atomic mass is 16.4. The van der Waals surface area contributed by atoms with Crippen molar-refractivity contribution in [3.63, 3.8) is 0 Å². The fourth-order valence-corrected chi connectivity index (χ4v) is 3.96. The molecule has 1 aliphatic rings. The molecule has 1 heterocycles. The Labute approximate surface area is 158 Å². The minimum Gasteiger partial charge on any atom is -0.405 e. The van der Waals surface area contributed by atoms with Gasteiger partial charge in [-0.2, -0.15) is 0 Å². The molecule has 1 N–H and O–H groups in total. The quantitative estimate of drug-likeness (QED) is 0.630. The summed E-state index contributed by atoms with van der Waals surface area (Å²) < 4.78 is 5.65. The van der Waals surface area contributed by atoms with Crippen LogP contribution in [0, 0.1) is 12.8 Å². The summed E-state index contributed by atoms with van der Waals surface area (Å²) in [6, 6.07) is 15.7. The van der Waals surface area contributed by atoms with Crippen molar-refractivity contribution in [1.82, 2.24) is 0 Å². The number of nitrogens with one attached hydrogen (secondary N) is 1. The molecule has 4 nitrogen and oxygen atoms in total. The third-order valence-corrected chi connectivity index (χ3v) is 5.59. The molecule has 27 heavy (non-hydrogen) atoms. The summed E-state index contributed by atoms with van der Waals surface area (Å²) in [7, 11) is 0. The number of hydrogen-bond donors (Lipinski definition) is 1. The van der Waals surface area contributed by atoms with Gasteiger partial charge in [0.15, 0.2) is 5.78 Å². The Morgan fingerprint density at radius 3 is 2.48 bits per heavy atom. The Morgan fingerprint density at radius 2 is 1.85 bits per heavy atom. The Hall–Kier alpha value is -2.88. The van der Waals surface area contributed by atoms with Gasteiger partial charge in [-0.1, -0.05) is 55.0 Å². The fraction of sp³-hybridized carbons (Fsp3) is 0.304. The van der Waals surface area contributed by atoms with Gasteiger partial charge in [-0.25, -0.2) is 4.79 Å². The second-order valence-corrected chi connectivity index (χ2v) is 7.37. The number of carbonyl (C=O) groups excluding carboxylic acids is 1. The van der Waals surface area contributed by atoms with Crippen LogP contribution in [0.3, 0.4) is 0 Å². The Morgan fingerprint density at radius 1 is 1.11 bits per heavy atom. The van der Waals surface area contributed by atoms with Crippen LogP contribution in [0.15, 0.2) is 57.7 Å². The lowest BCUT2D eigenvalue weighted by atomic mass is 9.77. The highest BCUT2D eigenvalue weighted by Gasteiger charge is 2.30. The standard InChI is InChI=1S/C23H23NO3/c1-14-8-6-13-18-19(14)23(26)27-22(20(18)15(2)25)24-21(17-11-7-12-17)16-9-4-3-5-10-16/h3-6,8-10,13,17,21,24H,7,11-12H2,1-2H3. The van der Waals surface area contributed by atoms with E-state index in [4.69, 9.17) is 4.42 Å².